The van der Waals surface area contributed by atoms with Crippen LogP contribution in [0.5, 0.6) is 0 Å². The Morgan fingerprint density at radius 1 is 1.54 bits per heavy atom. The van der Waals surface area contributed by atoms with Gasteiger partial charge < -0.3 is 14.8 Å². The summed E-state index contributed by atoms with van der Waals surface area (Å²) < 4.78 is 0. The number of aliphatic hydroxyl groups is 1. The summed E-state index contributed by atoms with van der Waals surface area (Å²) in [6.45, 7) is 2.65. The van der Waals surface area contributed by atoms with Crippen molar-refractivity contribution >= 4 is 12.2 Å². The Labute approximate surface area is 77.5 Å². The Morgan fingerprint density at radius 3 is 2.46 bits per heavy atom. The van der Waals surface area contributed by atoms with Crippen LogP contribution in [0.3, 0.4) is 0 Å². The standard InChI is InChI=1S/C9H15NO3/c1-7(12)9(13)10-4-2-8(6-11)3-5-10/h6-8,12H,2-5H2,1H3. The number of carbonyl (C=O) groups is 2. The van der Waals surface area contributed by atoms with Gasteiger partial charge >= 0.3 is 0 Å². The van der Waals surface area contributed by atoms with Crippen molar-refractivity contribution in [2.24, 2.45) is 5.92 Å². The van der Waals surface area contributed by atoms with Gasteiger partial charge in [0.2, 0.25) is 0 Å². The fraction of sp³-hybridized carbons (Fsp3) is 0.778. The first-order valence-corrected chi connectivity index (χ1v) is 4.57. The van der Waals surface area contributed by atoms with E-state index in [2.05, 4.69) is 0 Å². The molecule has 1 unspecified atom stereocenters. The van der Waals surface area contributed by atoms with E-state index in [1.165, 1.54) is 6.92 Å². The highest BCUT2D eigenvalue weighted by molar-refractivity contribution is 5.80. The first kappa shape index (κ1) is 10.2. The molecule has 1 rings (SSSR count). The average molecular weight is 185 g/mol. The van der Waals surface area contributed by atoms with Gasteiger partial charge in [0, 0.05) is 19.0 Å². The Hall–Kier alpha value is -0.900. The van der Waals surface area contributed by atoms with Gasteiger partial charge in [-0.1, -0.05) is 0 Å². The third kappa shape index (κ3) is 2.52. The molecule has 0 aliphatic carbocycles. The molecule has 0 radical (unpaired) electrons. The molecule has 0 aromatic rings. The first-order chi connectivity index (χ1) is 6.15. The van der Waals surface area contributed by atoms with Crippen molar-refractivity contribution < 1.29 is 14.7 Å². The summed E-state index contributed by atoms with van der Waals surface area (Å²) in [5, 5.41) is 9.04. The predicted molar refractivity (Wildman–Crippen MR) is 47.0 cm³/mol. The minimum atomic E-state index is -0.923. The maximum absolute atomic E-state index is 11.3. The second kappa shape index (κ2) is 4.37. The van der Waals surface area contributed by atoms with Crippen LogP contribution in [0.15, 0.2) is 0 Å². The van der Waals surface area contributed by atoms with Crippen LogP contribution >= 0.6 is 0 Å². The molecule has 0 aromatic carbocycles. The lowest BCUT2D eigenvalue weighted by atomic mass is 9.98. The number of piperidine rings is 1. The van der Waals surface area contributed by atoms with E-state index in [0.717, 1.165) is 19.1 Å². The van der Waals surface area contributed by atoms with E-state index in [1.807, 2.05) is 0 Å². The highest BCUT2D eigenvalue weighted by Gasteiger charge is 2.24. The van der Waals surface area contributed by atoms with Crippen molar-refractivity contribution in [2.75, 3.05) is 13.1 Å². The maximum atomic E-state index is 11.3. The number of aldehydes is 1. The molecule has 0 bridgehead atoms. The molecule has 0 aromatic heterocycles. The van der Waals surface area contributed by atoms with Gasteiger partial charge in [-0.05, 0) is 19.8 Å². The topological polar surface area (TPSA) is 57.6 Å². The van der Waals surface area contributed by atoms with Gasteiger partial charge in [0.05, 0.1) is 0 Å². The third-order valence-corrected chi connectivity index (χ3v) is 2.40. The zero-order chi connectivity index (χ0) is 9.84. The number of rotatable bonds is 2. The summed E-state index contributed by atoms with van der Waals surface area (Å²) in [5.41, 5.74) is 0. The van der Waals surface area contributed by atoms with E-state index in [0.29, 0.717) is 13.1 Å². The SMILES string of the molecule is CC(O)C(=O)N1CCC(C=O)CC1. The third-order valence-electron chi connectivity index (χ3n) is 2.40. The maximum Gasteiger partial charge on any atom is 0.251 e. The van der Waals surface area contributed by atoms with E-state index in [1.54, 1.807) is 4.90 Å². The molecule has 1 aliphatic rings. The zero-order valence-electron chi connectivity index (χ0n) is 7.77. The Balaban J connectivity index is 2.40. The highest BCUT2D eigenvalue weighted by Crippen LogP contribution is 2.15. The van der Waals surface area contributed by atoms with Crippen molar-refractivity contribution in [1.82, 2.24) is 4.90 Å². The fourth-order valence-corrected chi connectivity index (χ4v) is 1.52. The summed E-state index contributed by atoms with van der Waals surface area (Å²) in [6.07, 6.45) is 1.47. The Bertz CT molecular complexity index is 195. The number of carbonyl (C=O) groups excluding carboxylic acids is 2. The lowest BCUT2D eigenvalue weighted by Gasteiger charge is -2.30. The van der Waals surface area contributed by atoms with Crippen LogP contribution < -0.4 is 0 Å². The second-order valence-corrected chi connectivity index (χ2v) is 3.47. The molecule has 0 saturated carbocycles. The van der Waals surface area contributed by atoms with Gasteiger partial charge in [-0.3, -0.25) is 4.79 Å². The zero-order valence-corrected chi connectivity index (χ0v) is 7.77. The van der Waals surface area contributed by atoms with Gasteiger partial charge in [0.1, 0.15) is 12.4 Å². The van der Waals surface area contributed by atoms with Crippen LogP contribution in [0.2, 0.25) is 0 Å². The smallest absolute Gasteiger partial charge is 0.251 e. The number of amides is 1. The Kier molecular flexibility index (Phi) is 3.42. The summed E-state index contributed by atoms with van der Waals surface area (Å²) in [7, 11) is 0. The fourth-order valence-electron chi connectivity index (χ4n) is 1.52. The van der Waals surface area contributed by atoms with Crippen molar-refractivity contribution in [3.63, 3.8) is 0 Å². The van der Waals surface area contributed by atoms with Gasteiger partial charge in [-0.15, -0.1) is 0 Å². The number of aliphatic hydroxyl groups excluding tert-OH is 1. The van der Waals surface area contributed by atoms with Crippen LogP contribution in [0.25, 0.3) is 0 Å². The highest BCUT2D eigenvalue weighted by atomic mass is 16.3. The van der Waals surface area contributed by atoms with Crippen molar-refractivity contribution in [1.29, 1.82) is 0 Å². The molecule has 1 fully saturated rings. The molecular formula is C9H15NO3. The normalized spacial score (nSPS) is 21.2. The second-order valence-electron chi connectivity index (χ2n) is 3.47. The molecule has 0 spiro atoms. The number of hydrogen-bond donors (Lipinski definition) is 1. The number of hydrogen-bond acceptors (Lipinski definition) is 3. The molecule has 4 heteroatoms. The van der Waals surface area contributed by atoms with E-state index < -0.39 is 6.10 Å². The molecule has 74 valence electrons. The van der Waals surface area contributed by atoms with Crippen LogP contribution in [-0.2, 0) is 9.59 Å². The largest absolute Gasteiger partial charge is 0.384 e. The van der Waals surface area contributed by atoms with Gasteiger partial charge in [0.25, 0.3) is 5.91 Å². The van der Waals surface area contributed by atoms with Crippen molar-refractivity contribution in [3.8, 4) is 0 Å². The first-order valence-electron chi connectivity index (χ1n) is 4.57. The van der Waals surface area contributed by atoms with Crippen LogP contribution in [0.1, 0.15) is 19.8 Å². The van der Waals surface area contributed by atoms with E-state index in [4.69, 9.17) is 5.11 Å². The van der Waals surface area contributed by atoms with Crippen LogP contribution in [0, 0.1) is 5.92 Å². The number of nitrogens with zero attached hydrogens (tertiary/aromatic N) is 1. The van der Waals surface area contributed by atoms with E-state index in [9.17, 15) is 9.59 Å². The van der Waals surface area contributed by atoms with Gasteiger partial charge in [0.15, 0.2) is 0 Å². The molecule has 1 N–H and O–H groups in total. The summed E-state index contributed by atoms with van der Waals surface area (Å²) >= 11 is 0. The molecule has 4 nitrogen and oxygen atoms in total. The monoisotopic (exact) mass is 185 g/mol. The Morgan fingerprint density at radius 2 is 2.08 bits per heavy atom. The summed E-state index contributed by atoms with van der Waals surface area (Å²) in [6, 6.07) is 0. The predicted octanol–water partition coefficient (Wildman–Crippen LogP) is -0.195. The molecule has 1 aliphatic heterocycles. The quantitative estimate of drug-likeness (QED) is 0.606. The van der Waals surface area contributed by atoms with E-state index >= 15 is 0 Å². The molecule has 1 amide bonds. The lowest BCUT2D eigenvalue weighted by molar-refractivity contribution is -0.141. The van der Waals surface area contributed by atoms with Gasteiger partial charge in [-0.2, -0.15) is 0 Å². The minimum Gasteiger partial charge on any atom is -0.384 e. The number of likely N-dealkylation sites (tertiary alicyclic amines) is 1. The average Bonchev–Trinajstić information content (AvgIpc) is 2.17. The molecular weight excluding hydrogens is 170 g/mol. The minimum absolute atomic E-state index is 0.0954. The van der Waals surface area contributed by atoms with E-state index in [-0.39, 0.29) is 11.8 Å². The molecule has 1 saturated heterocycles. The van der Waals surface area contributed by atoms with Gasteiger partial charge in [-0.25, -0.2) is 0 Å². The van der Waals surface area contributed by atoms with Crippen molar-refractivity contribution in [3.05, 3.63) is 0 Å². The van der Waals surface area contributed by atoms with Crippen molar-refractivity contribution in [2.45, 2.75) is 25.9 Å². The molecule has 1 atom stereocenters. The molecule has 1 heterocycles. The van der Waals surface area contributed by atoms with Crippen LogP contribution in [0.4, 0.5) is 0 Å². The summed E-state index contributed by atoms with van der Waals surface area (Å²) in [4.78, 5) is 23.3. The lowest BCUT2D eigenvalue weighted by Crippen LogP contribution is -2.43. The van der Waals surface area contributed by atoms with Crippen LogP contribution in [-0.4, -0.2) is 41.4 Å². The molecule has 13 heavy (non-hydrogen) atoms. The summed E-state index contributed by atoms with van der Waals surface area (Å²) in [5.74, 6) is -0.137.